The van der Waals surface area contributed by atoms with Crippen LogP contribution in [-0.2, 0) is 6.54 Å². The van der Waals surface area contributed by atoms with E-state index in [0.717, 1.165) is 36.8 Å². The van der Waals surface area contributed by atoms with Gasteiger partial charge < -0.3 is 19.8 Å². The van der Waals surface area contributed by atoms with E-state index < -0.39 is 0 Å². The van der Waals surface area contributed by atoms with Crippen molar-refractivity contribution in [2.45, 2.75) is 13.5 Å². The van der Waals surface area contributed by atoms with Crippen LogP contribution >= 0.6 is 0 Å². The largest absolute Gasteiger partial charge is 0.492 e. The van der Waals surface area contributed by atoms with E-state index >= 15 is 0 Å². The van der Waals surface area contributed by atoms with Gasteiger partial charge in [-0.2, -0.15) is 0 Å². The van der Waals surface area contributed by atoms with Crippen LogP contribution in [0.1, 0.15) is 12.7 Å². The molecule has 2 aromatic rings. The van der Waals surface area contributed by atoms with Crippen molar-refractivity contribution in [3.05, 3.63) is 48.4 Å². The molecule has 0 unspecified atom stereocenters. The second kappa shape index (κ2) is 7.48. The molecule has 4 nitrogen and oxygen atoms in total. The van der Waals surface area contributed by atoms with Gasteiger partial charge in [0.15, 0.2) is 0 Å². The Kier molecular flexibility index (Phi) is 5.31. The van der Waals surface area contributed by atoms with E-state index in [0.29, 0.717) is 6.61 Å². The quantitative estimate of drug-likeness (QED) is 0.716. The number of para-hydroxylation sites is 2. The van der Waals surface area contributed by atoms with Crippen LogP contribution in [0.2, 0.25) is 0 Å². The van der Waals surface area contributed by atoms with Crippen molar-refractivity contribution >= 4 is 5.69 Å². The highest BCUT2D eigenvalue weighted by atomic mass is 16.5. The van der Waals surface area contributed by atoms with Gasteiger partial charge in [0.1, 0.15) is 11.5 Å². The van der Waals surface area contributed by atoms with Crippen molar-refractivity contribution < 1.29 is 9.15 Å². The highest BCUT2D eigenvalue weighted by Crippen LogP contribution is 2.23. The smallest absolute Gasteiger partial charge is 0.142 e. The zero-order chi connectivity index (χ0) is 13.3. The molecule has 0 atom stereocenters. The highest BCUT2D eigenvalue weighted by Gasteiger charge is 2.00. The molecule has 0 aliphatic rings. The fourth-order valence-electron chi connectivity index (χ4n) is 1.80. The van der Waals surface area contributed by atoms with E-state index in [9.17, 15) is 0 Å². The van der Waals surface area contributed by atoms with Crippen molar-refractivity contribution in [3.8, 4) is 5.75 Å². The Morgan fingerprint density at radius 2 is 2.00 bits per heavy atom. The van der Waals surface area contributed by atoms with Crippen LogP contribution < -0.4 is 15.4 Å². The molecular weight excluding hydrogens is 240 g/mol. The fourth-order valence-corrected chi connectivity index (χ4v) is 1.80. The van der Waals surface area contributed by atoms with Gasteiger partial charge in [-0.1, -0.05) is 12.1 Å². The summed E-state index contributed by atoms with van der Waals surface area (Å²) in [7, 11) is 0. The number of hydrogen-bond donors (Lipinski definition) is 2. The monoisotopic (exact) mass is 260 g/mol. The molecule has 1 aromatic carbocycles. The zero-order valence-electron chi connectivity index (χ0n) is 11.2. The van der Waals surface area contributed by atoms with Gasteiger partial charge in [-0.3, -0.25) is 0 Å². The number of benzene rings is 1. The third-order valence-corrected chi connectivity index (χ3v) is 2.68. The van der Waals surface area contributed by atoms with E-state index in [1.807, 2.05) is 43.3 Å². The van der Waals surface area contributed by atoms with Gasteiger partial charge in [0.2, 0.25) is 0 Å². The normalized spacial score (nSPS) is 10.4. The fraction of sp³-hybridized carbons (Fsp3) is 0.333. The van der Waals surface area contributed by atoms with Gasteiger partial charge in [-0.15, -0.1) is 0 Å². The van der Waals surface area contributed by atoms with Gasteiger partial charge in [0, 0.05) is 13.1 Å². The second-order valence-corrected chi connectivity index (χ2v) is 4.11. The van der Waals surface area contributed by atoms with E-state index in [1.54, 1.807) is 6.26 Å². The summed E-state index contributed by atoms with van der Waals surface area (Å²) in [6, 6.07) is 11.8. The van der Waals surface area contributed by atoms with Gasteiger partial charge in [-0.25, -0.2) is 0 Å². The van der Waals surface area contributed by atoms with Gasteiger partial charge in [0.05, 0.1) is 25.1 Å². The van der Waals surface area contributed by atoms with Gasteiger partial charge in [0.25, 0.3) is 0 Å². The Labute approximate surface area is 113 Å². The lowest BCUT2D eigenvalue weighted by atomic mass is 10.3. The summed E-state index contributed by atoms with van der Waals surface area (Å²) in [4.78, 5) is 0. The van der Waals surface area contributed by atoms with Crippen LogP contribution in [-0.4, -0.2) is 19.7 Å². The van der Waals surface area contributed by atoms with Crippen LogP contribution in [0.3, 0.4) is 0 Å². The van der Waals surface area contributed by atoms with Crippen LogP contribution in [0.25, 0.3) is 0 Å². The Morgan fingerprint density at radius 3 is 2.79 bits per heavy atom. The molecular formula is C15H20N2O2. The Morgan fingerprint density at radius 1 is 1.11 bits per heavy atom. The van der Waals surface area contributed by atoms with E-state index in [4.69, 9.17) is 9.15 Å². The van der Waals surface area contributed by atoms with Crippen LogP contribution in [0.5, 0.6) is 5.75 Å². The molecule has 1 heterocycles. The van der Waals surface area contributed by atoms with Gasteiger partial charge in [-0.05, 0) is 31.2 Å². The molecule has 1 aromatic heterocycles. The average molecular weight is 260 g/mol. The summed E-state index contributed by atoms with van der Waals surface area (Å²) in [6.45, 7) is 5.12. The minimum atomic E-state index is 0.676. The van der Waals surface area contributed by atoms with Gasteiger partial charge >= 0.3 is 0 Å². The molecule has 4 heteroatoms. The highest BCUT2D eigenvalue weighted by molar-refractivity contribution is 5.56. The summed E-state index contributed by atoms with van der Waals surface area (Å²) < 4.78 is 10.8. The SMILES string of the molecule is CCOc1ccccc1NCCNCc1ccco1. The van der Waals surface area contributed by atoms with Crippen molar-refractivity contribution in [2.75, 3.05) is 25.0 Å². The third-order valence-electron chi connectivity index (χ3n) is 2.68. The van der Waals surface area contributed by atoms with Crippen molar-refractivity contribution in [1.82, 2.24) is 5.32 Å². The predicted octanol–water partition coefficient (Wildman–Crippen LogP) is 2.88. The molecule has 0 radical (unpaired) electrons. The maximum absolute atomic E-state index is 5.56. The first-order valence-corrected chi connectivity index (χ1v) is 6.59. The summed E-state index contributed by atoms with van der Waals surface area (Å²) in [5, 5.41) is 6.67. The summed E-state index contributed by atoms with van der Waals surface area (Å²) >= 11 is 0. The Hall–Kier alpha value is -1.94. The lowest BCUT2D eigenvalue weighted by Gasteiger charge is -2.12. The number of anilines is 1. The van der Waals surface area contributed by atoms with E-state index in [2.05, 4.69) is 10.6 Å². The maximum atomic E-state index is 5.56. The first kappa shape index (κ1) is 13.5. The lowest BCUT2D eigenvalue weighted by Crippen LogP contribution is -2.21. The number of hydrogen-bond acceptors (Lipinski definition) is 4. The molecule has 0 fully saturated rings. The molecule has 2 rings (SSSR count). The lowest BCUT2D eigenvalue weighted by molar-refractivity contribution is 0.341. The average Bonchev–Trinajstić information content (AvgIpc) is 2.94. The minimum absolute atomic E-state index is 0.676. The molecule has 0 aliphatic heterocycles. The molecule has 0 saturated heterocycles. The van der Waals surface area contributed by atoms with E-state index in [1.165, 1.54) is 0 Å². The Bertz CT molecular complexity index is 469. The number of ether oxygens (including phenoxy) is 1. The third kappa shape index (κ3) is 4.34. The van der Waals surface area contributed by atoms with Crippen LogP contribution in [0, 0.1) is 0 Å². The molecule has 102 valence electrons. The zero-order valence-corrected chi connectivity index (χ0v) is 11.2. The Balaban J connectivity index is 1.70. The molecule has 0 aliphatic carbocycles. The first-order valence-electron chi connectivity index (χ1n) is 6.59. The van der Waals surface area contributed by atoms with Crippen molar-refractivity contribution in [2.24, 2.45) is 0 Å². The van der Waals surface area contributed by atoms with Crippen molar-refractivity contribution in [3.63, 3.8) is 0 Å². The van der Waals surface area contributed by atoms with Crippen LogP contribution in [0.4, 0.5) is 5.69 Å². The number of furan rings is 1. The summed E-state index contributed by atoms with van der Waals surface area (Å²) in [5.41, 5.74) is 1.03. The number of rotatable bonds is 8. The number of nitrogens with one attached hydrogen (secondary N) is 2. The molecule has 0 amide bonds. The molecule has 0 spiro atoms. The molecule has 0 bridgehead atoms. The van der Waals surface area contributed by atoms with E-state index in [-0.39, 0.29) is 0 Å². The maximum Gasteiger partial charge on any atom is 0.142 e. The molecule has 19 heavy (non-hydrogen) atoms. The molecule has 2 N–H and O–H groups in total. The second-order valence-electron chi connectivity index (χ2n) is 4.11. The van der Waals surface area contributed by atoms with Crippen molar-refractivity contribution in [1.29, 1.82) is 0 Å². The first-order chi connectivity index (χ1) is 9.40. The standard InChI is InChI=1S/C15H20N2O2/c1-2-18-15-8-4-3-7-14(15)17-10-9-16-12-13-6-5-11-19-13/h3-8,11,16-17H,2,9-10,12H2,1H3. The predicted molar refractivity (Wildman–Crippen MR) is 76.5 cm³/mol. The van der Waals surface area contributed by atoms with Crippen LogP contribution in [0.15, 0.2) is 47.1 Å². The minimum Gasteiger partial charge on any atom is -0.492 e. The summed E-state index contributed by atoms with van der Waals surface area (Å²) in [6.07, 6.45) is 1.69. The molecule has 0 saturated carbocycles. The topological polar surface area (TPSA) is 46.4 Å². The summed E-state index contributed by atoms with van der Waals surface area (Å²) in [5.74, 6) is 1.85.